The minimum absolute atomic E-state index is 0.177. The molecule has 1 amide bonds. The molecule has 0 aliphatic heterocycles. The maximum Gasteiger partial charge on any atom is 0.443 e. The number of aryl methyl sites for hydroxylation is 2. The Morgan fingerprint density at radius 3 is 2.50 bits per heavy atom. The fraction of sp³-hybridized carbons (Fsp3) is 0.462. The summed E-state index contributed by atoms with van der Waals surface area (Å²) in [7, 11) is 1.67. The van der Waals surface area contributed by atoms with Crippen LogP contribution in [0.1, 0.15) is 59.2 Å². The molecule has 0 bridgehead atoms. The van der Waals surface area contributed by atoms with Gasteiger partial charge in [0, 0.05) is 24.7 Å². The van der Waals surface area contributed by atoms with Crippen LogP contribution in [0.25, 0.3) is 21.7 Å². The van der Waals surface area contributed by atoms with E-state index in [-0.39, 0.29) is 22.9 Å². The summed E-state index contributed by atoms with van der Waals surface area (Å²) in [5.74, 6) is 0.483. The lowest BCUT2D eigenvalue weighted by Crippen LogP contribution is -2.45. The van der Waals surface area contributed by atoms with Gasteiger partial charge < -0.3 is 14.1 Å². The van der Waals surface area contributed by atoms with Crippen LogP contribution in [0.3, 0.4) is 0 Å². The topological polar surface area (TPSA) is 97.5 Å². The lowest BCUT2D eigenvalue weighted by atomic mass is 10.0. The molecule has 0 saturated heterocycles. The van der Waals surface area contributed by atoms with E-state index in [0.717, 1.165) is 5.39 Å². The molecule has 0 fully saturated rings. The summed E-state index contributed by atoms with van der Waals surface area (Å²) in [4.78, 5) is 36.4. The van der Waals surface area contributed by atoms with Crippen LogP contribution in [0, 0.1) is 24.2 Å². The summed E-state index contributed by atoms with van der Waals surface area (Å²) in [6.07, 6.45) is 1.67. The van der Waals surface area contributed by atoms with Gasteiger partial charge in [-0.2, -0.15) is 5.26 Å². The second-order valence-corrected chi connectivity index (χ2v) is 10.0. The van der Waals surface area contributed by atoms with Crippen LogP contribution in [0.5, 0.6) is 5.75 Å². The third-order valence-electron chi connectivity index (χ3n) is 5.51. The SMILES string of the molecule is Cc1nccc2c1c(=O)n(C)c1cc(ON(C(=O)OC(C)(C)C)[C@@H](C)CC(C)C)c(C#N)cc21. The number of hydroxylamine groups is 2. The van der Waals surface area contributed by atoms with E-state index in [0.29, 0.717) is 34.3 Å². The van der Waals surface area contributed by atoms with Crippen molar-refractivity contribution in [2.45, 2.75) is 66.5 Å². The molecule has 0 spiro atoms. The Balaban J connectivity index is 2.19. The molecule has 0 N–H and O–H groups in total. The fourth-order valence-corrected chi connectivity index (χ4v) is 4.06. The van der Waals surface area contributed by atoms with Gasteiger partial charge >= 0.3 is 6.09 Å². The van der Waals surface area contributed by atoms with Crippen LogP contribution < -0.4 is 10.4 Å². The number of benzene rings is 1. The number of carbonyl (C=O) groups is 1. The van der Waals surface area contributed by atoms with Gasteiger partial charge in [0.1, 0.15) is 11.7 Å². The van der Waals surface area contributed by atoms with Crippen LogP contribution in [-0.4, -0.2) is 32.4 Å². The Bertz CT molecular complexity index is 1350. The van der Waals surface area contributed by atoms with E-state index >= 15 is 0 Å². The molecule has 8 nitrogen and oxygen atoms in total. The van der Waals surface area contributed by atoms with E-state index in [1.165, 1.54) is 9.63 Å². The highest BCUT2D eigenvalue weighted by atomic mass is 16.7. The molecule has 2 heterocycles. The van der Waals surface area contributed by atoms with Crippen LogP contribution in [0.2, 0.25) is 0 Å². The van der Waals surface area contributed by atoms with Crippen LogP contribution >= 0.6 is 0 Å². The Morgan fingerprint density at radius 2 is 1.91 bits per heavy atom. The molecule has 0 saturated carbocycles. The monoisotopic (exact) mass is 464 g/mol. The second kappa shape index (κ2) is 9.34. The van der Waals surface area contributed by atoms with E-state index in [4.69, 9.17) is 9.57 Å². The number of fused-ring (bicyclic) bond motifs is 3. The summed E-state index contributed by atoms with van der Waals surface area (Å²) < 4.78 is 7.08. The largest absolute Gasteiger partial charge is 0.443 e. The first-order valence-corrected chi connectivity index (χ1v) is 11.4. The summed E-state index contributed by atoms with van der Waals surface area (Å²) >= 11 is 0. The first kappa shape index (κ1) is 25.0. The van der Waals surface area contributed by atoms with E-state index in [9.17, 15) is 14.9 Å². The number of ether oxygens (including phenoxy) is 1. The standard InChI is InChI=1S/C26H32N4O4/c1-15(2)11-16(3)30(25(32)33-26(5,6)7)34-22-13-21-20(12-18(22)14-27)19-9-10-28-17(4)23(19)24(31)29(21)8/h9-10,12-13,15-16H,11H2,1-8H3/t16-/m0/s1. The normalized spacial score (nSPS) is 12.6. The second-order valence-electron chi connectivity index (χ2n) is 10.0. The first-order valence-electron chi connectivity index (χ1n) is 11.4. The summed E-state index contributed by atoms with van der Waals surface area (Å²) in [6.45, 7) is 13.1. The van der Waals surface area contributed by atoms with Crippen molar-refractivity contribution in [3.8, 4) is 11.8 Å². The van der Waals surface area contributed by atoms with Crippen LogP contribution in [0.4, 0.5) is 4.79 Å². The van der Waals surface area contributed by atoms with Crippen LogP contribution in [0.15, 0.2) is 29.2 Å². The average Bonchev–Trinajstić information content (AvgIpc) is 2.73. The zero-order chi connectivity index (χ0) is 25.4. The predicted molar refractivity (Wildman–Crippen MR) is 132 cm³/mol. The van der Waals surface area contributed by atoms with Crippen molar-refractivity contribution in [1.82, 2.24) is 14.6 Å². The molecule has 0 aliphatic carbocycles. The number of amides is 1. The molecular formula is C26H32N4O4. The van der Waals surface area contributed by atoms with Crippen molar-refractivity contribution in [1.29, 1.82) is 5.26 Å². The van der Waals surface area contributed by atoms with Gasteiger partial charge in [0.2, 0.25) is 0 Å². The maximum atomic E-state index is 13.1. The average molecular weight is 465 g/mol. The van der Waals surface area contributed by atoms with Gasteiger partial charge in [-0.05, 0) is 64.5 Å². The molecule has 0 radical (unpaired) electrons. The highest BCUT2D eigenvalue weighted by Crippen LogP contribution is 2.31. The highest BCUT2D eigenvalue weighted by molar-refractivity contribution is 6.07. The number of nitrogens with zero attached hydrogens (tertiary/aromatic N) is 4. The van der Waals surface area contributed by atoms with Gasteiger partial charge in [0.25, 0.3) is 5.56 Å². The number of carbonyl (C=O) groups excluding carboxylic acids is 1. The quantitative estimate of drug-likeness (QED) is 0.379. The lowest BCUT2D eigenvalue weighted by Gasteiger charge is -2.31. The van der Waals surface area contributed by atoms with Crippen molar-refractivity contribution in [2.24, 2.45) is 13.0 Å². The number of hydrogen-bond donors (Lipinski definition) is 0. The maximum absolute atomic E-state index is 13.1. The van der Waals surface area contributed by atoms with Crippen molar-refractivity contribution in [3.63, 3.8) is 0 Å². The predicted octanol–water partition coefficient (Wildman–Crippen LogP) is 5.23. The van der Waals surface area contributed by atoms with Crippen LogP contribution in [-0.2, 0) is 11.8 Å². The van der Waals surface area contributed by atoms with Gasteiger partial charge in [-0.15, -0.1) is 5.06 Å². The number of pyridine rings is 2. The molecule has 3 aromatic rings. The Labute approximate surface area is 199 Å². The van der Waals surface area contributed by atoms with Gasteiger partial charge in [-0.1, -0.05) is 13.8 Å². The molecule has 0 unspecified atom stereocenters. The summed E-state index contributed by atoms with van der Waals surface area (Å²) in [5.41, 5.74) is 0.537. The number of nitriles is 1. The minimum Gasteiger partial charge on any atom is -0.442 e. The molecule has 3 rings (SSSR count). The van der Waals surface area contributed by atoms with Crippen molar-refractivity contribution in [2.75, 3.05) is 0 Å². The van der Waals surface area contributed by atoms with E-state index < -0.39 is 11.7 Å². The van der Waals surface area contributed by atoms with Crippen molar-refractivity contribution in [3.05, 3.63) is 46.0 Å². The smallest absolute Gasteiger partial charge is 0.442 e. The molecule has 8 heteroatoms. The number of aromatic nitrogens is 2. The van der Waals surface area contributed by atoms with E-state index in [2.05, 4.69) is 24.9 Å². The van der Waals surface area contributed by atoms with Gasteiger partial charge in [-0.25, -0.2) is 4.79 Å². The van der Waals surface area contributed by atoms with Gasteiger partial charge in [0.15, 0.2) is 5.75 Å². The molecule has 34 heavy (non-hydrogen) atoms. The molecular weight excluding hydrogens is 432 g/mol. The van der Waals surface area contributed by atoms with Crippen molar-refractivity contribution < 1.29 is 14.4 Å². The number of rotatable bonds is 5. The third kappa shape index (κ3) is 4.98. The minimum atomic E-state index is -0.716. The zero-order valence-corrected chi connectivity index (χ0v) is 21.1. The Hall–Kier alpha value is -3.60. The molecule has 1 atom stereocenters. The summed E-state index contributed by atoms with van der Waals surface area (Å²) in [6, 6.07) is 6.94. The lowest BCUT2D eigenvalue weighted by molar-refractivity contribution is -0.0967. The number of hydrogen-bond acceptors (Lipinski definition) is 6. The van der Waals surface area contributed by atoms with Gasteiger partial charge in [-0.3, -0.25) is 9.78 Å². The fourth-order valence-electron chi connectivity index (χ4n) is 4.06. The third-order valence-corrected chi connectivity index (χ3v) is 5.51. The van der Waals surface area contributed by atoms with E-state index in [1.807, 2.05) is 6.92 Å². The molecule has 0 aliphatic rings. The first-order chi connectivity index (χ1) is 15.8. The van der Waals surface area contributed by atoms with E-state index in [1.54, 1.807) is 59.1 Å². The summed E-state index contributed by atoms with van der Waals surface area (Å²) in [5, 5.41) is 13.0. The van der Waals surface area contributed by atoms with Gasteiger partial charge in [0.05, 0.1) is 28.2 Å². The molecule has 1 aromatic carbocycles. The van der Waals surface area contributed by atoms with Crippen molar-refractivity contribution >= 4 is 27.8 Å². The zero-order valence-electron chi connectivity index (χ0n) is 21.1. The molecule has 2 aromatic heterocycles. The molecule has 180 valence electrons. The Kier molecular flexibility index (Phi) is 6.87. The highest BCUT2D eigenvalue weighted by Gasteiger charge is 2.30. The Morgan fingerprint density at radius 1 is 1.24 bits per heavy atom.